The molecule has 2 aliphatic heterocycles. The fourth-order valence-corrected chi connectivity index (χ4v) is 6.10. The average Bonchev–Trinajstić information content (AvgIpc) is 3.57. The molecule has 0 unspecified atom stereocenters. The third-order valence-corrected chi connectivity index (χ3v) is 7.74. The van der Waals surface area contributed by atoms with Crippen LogP contribution in [0, 0.1) is 11.3 Å². The second-order valence-electron chi connectivity index (χ2n) is 10.2. The summed E-state index contributed by atoms with van der Waals surface area (Å²) in [7, 11) is 0. The number of aromatic nitrogens is 2. The zero-order valence-corrected chi connectivity index (χ0v) is 19.7. The Kier molecular flexibility index (Phi) is 5.85. The Labute approximate surface area is 196 Å². The number of rotatable bonds is 5. The minimum absolute atomic E-state index is 0.0231. The smallest absolute Gasteiger partial charge is 0.231 e. The molecule has 3 aliphatic rings. The van der Waals surface area contributed by atoms with Crippen LogP contribution in [0.25, 0.3) is 0 Å². The number of hydrogen-bond acceptors (Lipinski definition) is 3. The summed E-state index contributed by atoms with van der Waals surface area (Å²) in [5.41, 5.74) is 1.65. The summed E-state index contributed by atoms with van der Waals surface area (Å²) >= 11 is 0. The van der Waals surface area contributed by atoms with Crippen molar-refractivity contribution in [3.05, 3.63) is 66.0 Å². The molecule has 33 heavy (non-hydrogen) atoms. The van der Waals surface area contributed by atoms with Gasteiger partial charge < -0.3 is 9.80 Å². The second-order valence-corrected chi connectivity index (χ2v) is 10.2. The molecule has 5 rings (SSSR count). The molecule has 2 fully saturated rings. The van der Waals surface area contributed by atoms with E-state index >= 15 is 0 Å². The normalized spacial score (nSPS) is 25.7. The summed E-state index contributed by atoms with van der Waals surface area (Å²) in [5.74, 6) is 0.381. The van der Waals surface area contributed by atoms with Gasteiger partial charge in [0.15, 0.2) is 0 Å². The van der Waals surface area contributed by atoms with Gasteiger partial charge in [0.05, 0.1) is 5.41 Å². The SMILES string of the molecule is CC(C)n1nccc1[C@@H]1CN(C(=O)C2CC=CC2)C[C@]12CCCN(Cc1ccccc1)C2=O. The van der Waals surface area contributed by atoms with Crippen LogP contribution in [0.4, 0.5) is 0 Å². The van der Waals surface area contributed by atoms with Crippen LogP contribution in [0.3, 0.4) is 0 Å². The summed E-state index contributed by atoms with van der Waals surface area (Å²) in [6.07, 6.45) is 9.44. The quantitative estimate of drug-likeness (QED) is 0.648. The van der Waals surface area contributed by atoms with Crippen LogP contribution < -0.4 is 0 Å². The number of piperidine rings is 1. The second kappa shape index (κ2) is 8.81. The van der Waals surface area contributed by atoms with Gasteiger partial charge in [-0.1, -0.05) is 42.5 Å². The molecule has 0 saturated carbocycles. The molecule has 2 amide bonds. The molecule has 2 aromatic rings. The molecule has 2 saturated heterocycles. The molecule has 2 atom stereocenters. The maximum absolute atomic E-state index is 14.2. The lowest BCUT2D eigenvalue weighted by atomic mass is 9.70. The first kappa shape index (κ1) is 21.9. The Morgan fingerprint density at radius 3 is 2.64 bits per heavy atom. The Balaban J connectivity index is 1.49. The van der Waals surface area contributed by atoms with Crippen LogP contribution in [0.15, 0.2) is 54.7 Å². The van der Waals surface area contributed by atoms with Crippen molar-refractivity contribution in [2.24, 2.45) is 11.3 Å². The zero-order chi connectivity index (χ0) is 23.0. The van der Waals surface area contributed by atoms with Gasteiger partial charge >= 0.3 is 0 Å². The fraction of sp³-hybridized carbons (Fsp3) is 0.519. The standard InChI is InChI=1S/C27H34N4O2/c1-20(2)31-24(13-15-28-31)23-18-30(25(32)22-11-6-7-12-22)19-27(23)14-8-16-29(26(27)33)17-21-9-4-3-5-10-21/h3-7,9-10,13,15,20,22-23H,8,11-12,14,16-19H2,1-2H3/t23-,27+/m0/s1. The third-order valence-electron chi connectivity index (χ3n) is 7.74. The number of allylic oxidation sites excluding steroid dienone is 2. The van der Waals surface area contributed by atoms with E-state index in [2.05, 4.69) is 49.3 Å². The molecule has 174 valence electrons. The minimum atomic E-state index is -0.582. The van der Waals surface area contributed by atoms with E-state index in [1.165, 1.54) is 0 Å². The predicted octanol–water partition coefficient (Wildman–Crippen LogP) is 4.17. The molecule has 0 bridgehead atoms. The monoisotopic (exact) mass is 446 g/mol. The van der Waals surface area contributed by atoms with Crippen LogP contribution in [0.2, 0.25) is 0 Å². The van der Waals surface area contributed by atoms with Gasteiger partial charge in [-0.15, -0.1) is 0 Å². The molecular formula is C27H34N4O2. The number of carbonyl (C=O) groups is 2. The largest absolute Gasteiger partial charge is 0.341 e. The summed E-state index contributed by atoms with van der Waals surface area (Å²) in [6, 6.07) is 12.5. The first-order chi connectivity index (χ1) is 16.0. The van der Waals surface area contributed by atoms with E-state index in [4.69, 9.17) is 0 Å². The van der Waals surface area contributed by atoms with Gasteiger partial charge in [0.2, 0.25) is 11.8 Å². The molecule has 0 radical (unpaired) electrons. The van der Waals surface area contributed by atoms with Gasteiger partial charge in [-0.25, -0.2) is 0 Å². The summed E-state index contributed by atoms with van der Waals surface area (Å²) in [5, 5.41) is 4.58. The van der Waals surface area contributed by atoms with Crippen molar-refractivity contribution in [3.8, 4) is 0 Å². The van der Waals surface area contributed by atoms with Crippen LogP contribution in [-0.2, 0) is 16.1 Å². The lowest BCUT2D eigenvalue weighted by Crippen LogP contribution is -2.52. The number of carbonyl (C=O) groups excluding carboxylic acids is 2. The highest BCUT2D eigenvalue weighted by molar-refractivity contribution is 5.88. The minimum Gasteiger partial charge on any atom is -0.341 e. The first-order valence-electron chi connectivity index (χ1n) is 12.3. The van der Waals surface area contributed by atoms with Crippen LogP contribution >= 0.6 is 0 Å². The fourth-order valence-electron chi connectivity index (χ4n) is 6.10. The number of benzene rings is 1. The average molecular weight is 447 g/mol. The zero-order valence-electron chi connectivity index (χ0n) is 19.7. The topological polar surface area (TPSA) is 58.4 Å². The van der Waals surface area contributed by atoms with Gasteiger partial charge in [-0.05, 0) is 51.2 Å². The van der Waals surface area contributed by atoms with Crippen molar-refractivity contribution < 1.29 is 9.59 Å². The number of hydrogen-bond donors (Lipinski definition) is 0. The number of amides is 2. The van der Waals surface area contributed by atoms with E-state index in [1.54, 1.807) is 0 Å². The van der Waals surface area contributed by atoms with Gasteiger partial charge in [0.1, 0.15) is 0 Å². The van der Waals surface area contributed by atoms with Gasteiger partial charge in [-0.3, -0.25) is 14.3 Å². The molecule has 6 heteroatoms. The number of likely N-dealkylation sites (tertiary alicyclic amines) is 2. The van der Waals surface area contributed by atoms with E-state index in [9.17, 15) is 9.59 Å². The van der Waals surface area contributed by atoms with Crippen molar-refractivity contribution >= 4 is 11.8 Å². The first-order valence-corrected chi connectivity index (χ1v) is 12.3. The molecule has 3 heterocycles. The summed E-state index contributed by atoms with van der Waals surface area (Å²) in [4.78, 5) is 31.6. The highest BCUT2D eigenvalue weighted by Gasteiger charge is 2.57. The summed E-state index contributed by atoms with van der Waals surface area (Å²) < 4.78 is 2.04. The molecule has 1 aromatic carbocycles. The summed E-state index contributed by atoms with van der Waals surface area (Å²) in [6.45, 7) is 6.74. The Morgan fingerprint density at radius 1 is 1.15 bits per heavy atom. The van der Waals surface area contributed by atoms with Crippen LogP contribution in [-0.4, -0.2) is 51.0 Å². The van der Waals surface area contributed by atoms with E-state index in [1.807, 2.05) is 38.9 Å². The third kappa shape index (κ3) is 3.90. The van der Waals surface area contributed by atoms with Gasteiger partial charge in [-0.2, -0.15) is 5.10 Å². The molecule has 1 aromatic heterocycles. The maximum Gasteiger partial charge on any atom is 0.231 e. The van der Waals surface area contributed by atoms with Crippen molar-refractivity contribution in [2.45, 2.75) is 58.0 Å². The lowest BCUT2D eigenvalue weighted by Gasteiger charge is -2.42. The Morgan fingerprint density at radius 2 is 1.91 bits per heavy atom. The molecule has 1 aliphatic carbocycles. The molecule has 1 spiro atoms. The number of nitrogens with zero attached hydrogens (tertiary/aromatic N) is 4. The highest BCUT2D eigenvalue weighted by atomic mass is 16.2. The van der Waals surface area contributed by atoms with Crippen LogP contribution in [0.5, 0.6) is 0 Å². The Hall–Kier alpha value is -2.89. The van der Waals surface area contributed by atoms with Crippen molar-refractivity contribution in [1.82, 2.24) is 19.6 Å². The van der Waals surface area contributed by atoms with E-state index in [0.29, 0.717) is 19.6 Å². The molecule has 0 N–H and O–H groups in total. The molecule has 6 nitrogen and oxygen atoms in total. The van der Waals surface area contributed by atoms with Crippen LogP contribution in [0.1, 0.15) is 62.7 Å². The maximum atomic E-state index is 14.2. The van der Waals surface area contributed by atoms with E-state index < -0.39 is 5.41 Å². The highest BCUT2D eigenvalue weighted by Crippen LogP contribution is 2.50. The predicted molar refractivity (Wildman–Crippen MR) is 127 cm³/mol. The Bertz CT molecular complexity index is 1040. The van der Waals surface area contributed by atoms with Crippen molar-refractivity contribution in [2.75, 3.05) is 19.6 Å². The van der Waals surface area contributed by atoms with Crippen molar-refractivity contribution in [1.29, 1.82) is 0 Å². The van der Waals surface area contributed by atoms with Gasteiger partial charge in [0, 0.05) is 55.9 Å². The van der Waals surface area contributed by atoms with Gasteiger partial charge in [0.25, 0.3) is 0 Å². The van der Waals surface area contributed by atoms with E-state index in [0.717, 1.165) is 43.5 Å². The lowest BCUT2D eigenvalue weighted by molar-refractivity contribution is -0.148. The van der Waals surface area contributed by atoms with Crippen molar-refractivity contribution in [3.63, 3.8) is 0 Å². The van der Waals surface area contributed by atoms with E-state index in [-0.39, 0.29) is 29.7 Å². The molecular weight excluding hydrogens is 412 g/mol.